The lowest BCUT2D eigenvalue weighted by atomic mass is 9.76. The van der Waals surface area contributed by atoms with Crippen LogP contribution in [0.3, 0.4) is 0 Å². The topological polar surface area (TPSA) is 149 Å². The third kappa shape index (κ3) is 7.27. The summed E-state index contributed by atoms with van der Waals surface area (Å²) >= 11 is 0. The predicted octanol–water partition coefficient (Wildman–Crippen LogP) is 3.34. The van der Waals surface area contributed by atoms with Crippen LogP contribution in [-0.2, 0) is 15.2 Å². The van der Waals surface area contributed by atoms with Crippen LogP contribution in [0.25, 0.3) is 5.57 Å². The molecule has 0 spiro atoms. The molecule has 2 aromatic rings. The molecule has 1 aliphatic rings. The number of rotatable bonds is 8. The van der Waals surface area contributed by atoms with Gasteiger partial charge in [0, 0.05) is 31.1 Å². The van der Waals surface area contributed by atoms with Gasteiger partial charge in [0.05, 0.1) is 6.20 Å². The summed E-state index contributed by atoms with van der Waals surface area (Å²) in [6.45, 7) is 11.1. The van der Waals surface area contributed by atoms with Crippen molar-refractivity contribution >= 4 is 23.4 Å². The Balaban J connectivity index is 1.83. The number of H-pyrrole nitrogens is 1. The van der Waals surface area contributed by atoms with E-state index in [4.69, 9.17) is 10.1 Å². The second-order valence-corrected chi connectivity index (χ2v) is 10.5. The van der Waals surface area contributed by atoms with Crippen molar-refractivity contribution in [2.45, 2.75) is 59.4 Å². The molecule has 0 saturated carbocycles. The Bertz CT molecular complexity index is 1250. The average Bonchev–Trinajstić information content (AvgIpc) is 3.34. The van der Waals surface area contributed by atoms with Crippen LogP contribution in [0, 0.1) is 16.7 Å². The number of nitrogens with one attached hydrogen (secondary N) is 4. The molecule has 10 nitrogen and oxygen atoms in total. The average molecular weight is 507 g/mol. The van der Waals surface area contributed by atoms with Gasteiger partial charge in [0.25, 0.3) is 5.91 Å². The molecule has 0 bridgehead atoms. The van der Waals surface area contributed by atoms with Crippen molar-refractivity contribution < 1.29 is 19.2 Å². The molecular weight excluding hydrogens is 472 g/mol. The first-order valence-electron chi connectivity index (χ1n) is 12.2. The van der Waals surface area contributed by atoms with Gasteiger partial charge in [0.1, 0.15) is 11.8 Å². The molecule has 1 aliphatic carbocycles. The van der Waals surface area contributed by atoms with Gasteiger partial charge in [-0.05, 0) is 67.4 Å². The third-order valence-electron chi connectivity index (χ3n) is 6.50. The SMILES string of the molecule is CC(=O)NCCNC(C)(C)c1ccc(C(=O)NOC(=O)c2ncc(C#N)[nH]2)c(C2=CCC(C)(C)CC2)c1. The van der Waals surface area contributed by atoms with Gasteiger partial charge in [-0.1, -0.05) is 26.0 Å². The fourth-order valence-corrected chi connectivity index (χ4v) is 4.11. The van der Waals surface area contributed by atoms with E-state index in [2.05, 4.69) is 46.0 Å². The Kier molecular flexibility index (Phi) is 8.50. The van der Waals surface area contributed by atoms with Crippen LogP contribution in [0.2, 0.25) is 0 Å². The lowest BCUT2D eigenvalue weighted by Crippen LogP contribution is -2.41. The molecule has 196 valence electrons. The Hall–Kier alpha value is -3.97. The number of hydrogen-bond donors (Lipinski definition) is 4. The molecular formula is C27H34N6O4. The van der Waals surface area contributed by atoms with Crippen molar-refractivity contribution in [2.24, 2.45) is 5.41 Å². The van der Waals surface area contributed by atoms with E-state index in [9.17, 15) is 14.4 Å². The quantitative estimate of drug-likeness (QED) is 0.317. The number of hydrogen-bond acceptors (Lipinski definition) is 7. The standard InChI is InChI=1S/C27H34N6O4/c1-17(34)29-12-13-31-27(4,5)19-6-7-21(22(14-19)18-8-10-26(2,3)11-9-18)24(35)33-37-25(36)23-30-16-20(15-28)32-23/h6-8,14,16,31H,9-13H2,1-5H3,(H,29,34)(H,30,32)(H,33,35). The summed E-state index contributed by atoms with van der Waals surface area (Å²) in [7, 11) is 0. The van der Waals surface area contributed by atoms with Crippen LogP contribution in [-0.4, -0.2) is 40.8 Å². The molecule has 0 unspecified atom stereocenters. The minimum Gasteiger partial charge on any atom is -0.355 e. The number of hydroxylamine groups is 1. The Morgan fingerprint density at radius 3 is 2.62 bits per heavy atom. The highest BCUT2D eigenvalue weighted by molar-refractivity contribution is 6.00. The number of aromatic nitrogens is 2. The fraction of sp³-hybridized carbons (Fsp3) is 0.444. The molecule has 37 heavy (non-hydrogen) atoms. The van der Waals surface area contributed by atoms with E-state index in [1.54, 1.807) is 6.07 Å². The van der Waals surface area contributed by atoms with Crippen LogP contribution < -0.4 is 16.1 Å². The van der Waals surface area contributed by atoms with Gasteiger partial charge in [-0.2, -0.15) is 10.7 Å². The largest absolute Gasteiger partial charge is 0.398 e. The van der Waals surface area contributed by atoms with E-state index in [1.165, 1.54) is 13.1 Å². The zero-order valence-corrected chi connectivity index (χ0v) is 21.9. The van der Waals surface area contributed by atoms with Gasteiger partial charge >= 0.3 is 5.97 Å². The number of allylic oxidation sites excluding steroid dienone is 2. The summed E-state index contributed by atoms with van der Waals surface area (Å²) < 4.78 is 0. The van der Waals surface area contributed by atoms with Crippen LogP contribution >= 0.6 is 0 Å². The first-order chi connectivity index (χ1) is 17.4. The van der Waals surface area contributed by atoms with Gasteiger partial charge in [0.15, 0.2) is 0 Å². The van der Waals surface area contributed by atoms with Crippen LogP contribution in [0.1, 0.15) is 91.7 Å². The Labute approximate surface area is 216 Å². The molecule has 0 atom stereocenters. The second kappa shape index (κ2) is 11.4. The number of imidazole rings is 1. The van der Waals surface area contributed by atoms with Crippen molar-refractivity contribution in [3.63, 3.8) is 0 Å². The Morgan fingerprint density at radius 2 is 2.00 bits per heavy atom. The smallest absolute Gasteiger partial charge is 0.355 e. The molecule has 0 saturated heterocycles. The molecule has 2 amide bonds. The highest BCUT2D eigenvalue weighted by Gasteiger charge is 2.27. The van der Waals surface area contributed by atoms with Crippen molar-refractivity contribution in [3.05, 3.63) is 58.7 Å². The molecule has 1 heterocycles. The third-order valence-corrected chi connectivity index (χ3v) is 6.50. The molecule has 1 aromatic heterocycles. The summed E-state index contributed by atoms with van der Waals surface area (Å²) in [5, 5.41) is 15.1. The minimum atomic E-state index is -0.906. The van der Waals surface area contributed by atoms with Crippen LogP contribution in [0.5, 0.6) is 0 Å². The maximum absolute atomic E-state index is 13.1. The number of nitriles is 1. The summed E-state index contributed by atoms with van der Waals surface area (Å²) in [6.07, 6.45) is 6.07. The van der Waals surface area contributed by atoms with Gasteiger partial charge in [-0.25, -0.2) is 9.78 Å². The zero-order valence-electron chi connectivity index (χ0n) is 21.9. The van der Waals surface area contributed by atoms with Crippen molar-refractivity contribution in [2.75, 3.05) is 13.1 Å². The maximum atomic E-state index is 13.1. The van der Waals surface area contributed by atoms with E-state index < -0.39 is 17.4 Å². The van der Waals surface area contributed by atoms with Gasteiger partial charge in [-0.15, -0.1) is 0 Å². The minimum absolute atomic E-state index is 0.0809. The van der Waals surface area contributed by atoms with Gasteiger partial charge in [-0.3, -0.25) is 9.59 Å². The summed E-state index contributed by atoms with van der Waals surface area (Å²) in [6, 6.07) is 7.43. The molecule has 4 N–H and O–H groups in total. The molecule has 0 aliphatic heterocycles. The summed E-state index contributed by atoms with van der Waals surface area (Å²) in [5.74, 6) is -1.74. The van der Waals surface area contributed by atoms with E-state index in [-0.39, 0.29) is 22.8 Å². The van der Waals surface area contributed by atoms with E-state index >= 15 is 0 Å². The molecule has 1 aromatic carbocycles. The predicted molar refractivity (Wildman–Crippen MR) is 138 cm³/mol. The van der Waals surface area contributed by atoms with Crippen molar-refractivity contribution in [1.82, 2.24) is 26.1 Å². The number of carbonyl (C=O) groups excluding carboxylic acids is 3. The number of aromatic amines is 1. The van der Waals surface area contributed by atoms with Crippen molar-refractivity contribution in [3.8, 4) is 6.07 Å². The fourth-order valence-electron chi connectivity index (χ4n) is 4.11. The monoisotopic (exact) mass is 506 g/mol. The van der Waals surface area contributed by atoms with Crippen molar-refractivity contribution in [1.29, 1.82) is 5.26 Å². The summed E-state index contributed by atoms with van der Waals surface area (Å²) in [5.41, 5.74) is 5.29. The van der Waals surface area contributed by atoms with E-state index in [0.29, 0.717) is 18.7 Å². The maximum Gasteiger partial charge on any atom is 0.398 e. The normalized spacial score (nSPS) is 14.8. The van der Waals surface area contributed by atoms with Gasteiger partial charge < -0.3 is 20.5 Å². The molecule has 0 radical (unpaired) electrons. The molecule has 10 heteroatoms. The lowest BCUT2D eigenvalue weighted by molar-refractivity contribution is -0.118. The summed E-state index contributed by atoms with van der Waals surface area (Å²) in [4.78, 5) is 47.8. The molecule has 3 rings (SSSR count). The highest BCUT2D eigenvalue weighted by atomic mass is 16.7. The number of nitrogens with zero attached hydrogens (tertiary/aromatic N) is 2. The van der Waals surface area contributed by atoms with E-state index in [0.717, 1.165) is 36.0 Å². The first-order valence-corrected chi connectivity index (χ1v) is 12.2. The first kappa shape index (κ1) is 27.6. The lowest BCUT2D eigenvalue weighted by Gasteiger charge is -2.31. The number of carbonyl (C=O) groups is 3. The van der Waals surface area contributed by atoms with E-state index in [1.807, 2.05) is 32.0 Å². The van der Waals surface area contributed by atoms with Gasteiger partial charge in [0.2, 0.25) is 11.7 Å². The second-order valence-electron chi connectivity index (χ2n) is 10.5. The number of amides is 2. The highest BCUT2D eigenvalue weighted by Crippen LogP contribution is 2.39. The van der Waals surface area contributed by atoms with Crippen LogP contribution in [0.4, 0.5) is 0 Å². The Morgan fingerprint density at radius 1 is 1.24 bits per heavy atom. The van der Waals surface area contributed by atoms with Crippen LogP contribution in [0.15, 0.2) is 30.5 Å². The number of benzene rings is 1. The molecule has 0 fully saturated rings. The zero-order chi connectivity index (χ0) is 27.2.